The van der Waals surface area contributed by atoms with Gasteiger partial charge in [0.05, 0.1) is 12.1 Å². The van der Waals surface area contributed by atoms with Crippen molar-refractivity contribution in [1.29, 1.82) is 0 Å². The van der Waals surface area contributed by atoms with E-state index in [1.165, 1.54) is 11.1 Å². The predicted molar refractivity (Wildman–Crippen MR) is 128 cm³/mol. The van der Waals surface area contributed by atoms with Gasteiger partial charge in [0.1, 0.15) is 0 Å². The fraction of sp³-hybridized carbons (Fsp3) is 0.370. The maximum atomic E-state index is 13.7. The molecular formula is C27H28N4O3. The van der Waals surface area contributed by atoms with Crippen molar-refractivity contribution in [2.45, 2.75) is 31.6 Å². The summed E-state index contributed by atoms with van der Waals surface area (Å²) in [5, 5.41) is 10.4. The lowest BCUT2D eigenvalue weighted by atomic mass is 9.87. The highest BCUT2D eigenvalue weighted by atomic mass is 16.3. The number of aliphatic hydroxyl groups excluding tert-OH is 1. The summed E-state index contributed by atoms with van der Waals surface area (Å²) < 4.78 is 1.83. The largest absolute Gasteiger partial charge is 0.396 e. The van der Waals surface area contributed by atoms with Crippen molar-refractivity contribution in [2.24, 2.45) is 11.8 Å². The Morgan fingerprint density at radius 3 is 2.71 bits per heavy atom. The molecule has 1 N–H and O–H groups in total. The highest BCUT2D eigenvalue weighted by Gasteiger charge is 2.55. The summed E-state index contributed by atoms with van der Waals surface area (Å²) in [6, 6.07) is 15.4. The number of hydrogen-bond donors (Lipinski definition) is 1. The third kappa shape index (κ3) is 3.15. The smallest absolute Gasteiger partial charge is 0.258 e. The van der Waals surface area contributed by atoms with Crippen molar-refractivity contribution in [3.8, 4) is 11.1 Å². The minimum Gasteiger partial charge on any atom is -0.396 e. The average Bonchev–Trinajstić information content (AvgIpc) is 3.39. The first-order valence-corrected chi connectivity index (χ1v) is 11.9. The summed E-state index contributed by atoms with van der Waals surface area (Å²) in [6.07, 6.45) is 4.25. The van der Waals surface area contributed by atoms with Crippen LogP contribution < -0.4 is 5.56 Å². The average molecular weight is 457 g/mol. The van der Waals surface area contributed by atoms with Crippen molar-refractivity contribution >= 4 is 5.91 Å². The standard InChI is InChI=1S/C27H28N4O3/c1-29-24-21(15-31-23(24)9-8-20(26(31)33)18-7-4-11-28-13-18)22(16-32)25(29)27(34)30-12-10-17-5-2-3-6-19(17)14-30/h2-9,11,13,21-22,24-25,32H,10,12,14-16H2,1H3/t21-,22-,24+,25-/m0/s1. The molecule has 1 saturated heterocycles. The van der Waals surface area contributed by atoms with Crippen LogP contribution in [0.3, 0.4) is 0 Å². The number of likely N-dealkylation sites (N-methyl/N-ethyl adjacent to an activating group) is 1. The van der Waals surface area contributed by atoms with Crippen LogP contribution in [-0.2, 0) is 24.3 Å². The summed E-state index contributed by atoms with van der Waals surface area (Å²) in [7, 11) is 1.96. The maximum absolute atomic E-state index is 13.7. The van der Waals surface area contributed by atoms with E-state index in [-0.39, 0.29) is 36.0 Å². The molecule has 0 bridgehead atoms. The lowest BCUT2D eigenvalue weighted by molar-refractivity contribution is -0.138. The number of pyridine rings is 2. The third-order valence-electron chi connectivity index (χ3n) is 8.02. The number of nitrogens with zero attached hydrogens (tertiary/aromatic N) is 4. The summed E-state index contributed by atoms with van der Waals surface area (Å²) in [5.41, 5.74) is 4.80. The summed E-state index contributed by atoms with van der Waals surface area (Å²) in [5.74, 6) is -0.134. The van der Waals surface area contributed by atoms with E-state index in [1.807, 2.05) is 52.9 Å². The zero-order chi connectivity index (χ0) is 23.4. The fourth-order valence-electron chi connectivity index (χ4n) is 6.36. The van der Waals surface area contributed by atoms with Gasteiger partial charge in [0, 0.05) is 67.3 Å². The van der Waals surface area contributed by atoms with Gasteiger partial charge in [-0.1, -0.05) is 30.3 Å². The van der Waals surface area contributed by atoms with E-state index in [0.29, 0.717) is 25.2 Å². The fourth-order valence-corrected chi connectivity index (χ4v) is 6.36. The molecule has 3 aliphatic rings. The van der Waals surface area contributed by atoms with Gasteiger partial charge in [-0.05, 0) is 42.8 Å². The molecule has 1 fully saturated rings. The van der Waals surface area contributed by atoms with Crippen LogP contribution in [0.15, 0.2) is 65.7 Å². The van der Waals surface area contributed by atoms with Gasteiger partial charge in [-0.2, -0.15) is 0 Å². The van der Waals surface area contributed by atoms with Crippen molar-refractivity contribution in [2.75, 3.05) is 20.2 Å². The molecule has 2 aromatic heterocycles. The highest BCUT2D eigenvalue weighted by Crippen LogP contribution is 2.48. The van der Waals surface area contributed by atoms with Crippen LogP contribution in [0.25, 0.3) is 11.1 Å². The molecule has 34 heavy (non-hydrogen) atoms. The molecule has 0 radical (unpaired) electrons. The van der Waals surface area contributed by atoms with Gasteiger partial charge in [-0.25, -0.2) is 0 Å². The van der Waals surface area contributed by atoms with E-state index in [0.717, 1.165) is 17.7 Å². The van der Waals surface area contributed by atoms with Crippen LogP contribution in [0.2, 0.25) is 0 Å². The summed E-state index contributed by atoms with van der Waals surface area (Å²) in [6.45, 7) is 1.73. The monoisotopic (exact) mass is 456 g/mol. The van der Waals surface area contributed by atoms with Gasteiger partial charge in [0.25, 0.3) is 5.56 Å². The molecule has 7 heteroatoms. The second-order valence-electron chi connectivity index (χ2n) is 9.67. The molecule has 0 unspecified atom stereocenters. The van der Waals surface area contributed by atoms with Crippen LogP contribution in [0.5, 0.6) is 0 Å². The lowest BCUT2D eigenvalue weighted by Gasteiger charge is -2.35. The Morgan fingerprint density at radius 2 is 1.94 bits per heavy atom. The number of rotatable bonds is 3. The van der Waals surface area contributed by atoms with Crippen molar-refractivity contribution in [3.05, 3.63) is 88.1 Å². The Morgan fingerprint density at radius 1 is 1.12 bits per heavy atom. The topological polar surface area (TPSA) is 78.7 Å². The number of amides is 1. The molecule has 174 valence electrons. The van der Waals surface area contributed by atoms with E-state index in [2.05, 4.69) is 22.0 Å². The number of likely N-dealkylation sites (tertiary alicyclic amines) is 1. The third-order valence-corrected chi connectivity index (χ3v) is 8.02. The molecule has 5 heterocycles. The lowest BCUT2D eigenvalue weighted by Crippen LogP contribution is -2.50. The van der Waals surface area contributed by atoms with Crippen molar-refractivity contribution in [3.63, 3.8) is 0 Å². The Bertz CT molecular complexity index is 1300. The first kappa shape index (κ1) is 21.3. The van der Waals surface area contributed by atoms with E-state index >= 15 is 0 Å². The molecule has 1 amide bonds. The number of hydrogen-bond acceptors (Lipinski definition) is 5. The van der Waals surface area contributed by atoms with Gasteiger partial charge < -0.3 is 14.6 Å². The number of fused-ring (bicyclic) bond motifs is 4. The van der Waals surface area contributed by atoms with E-state index in [1.54, 1.807) is 12.4 Å². The van der Waals surface area contributed by atoms with Crippen LogP contribution >= 0.6 is 0 Å². The second kappa shape index (κ2) is 8.18. The minimum atomic E-state index is -0.396. The molecule has 3 aliphatic heterocycles. The Balaban J connectivity index is 1.31. The van der Waals surface area contributed by atoms with E-state index in [9.17, 15) is 14.7 Å². The number of carbonyl (C=O) groups excluding carboxylic acids is 1. The number of aliphatic hydroxyl groups is 1. The van der Waals surface area contributed by atoms with Crippen molar-refractivity contribution in [1.82, 2.24) is 19.4 Å². The SMILES string of the molecule is CN1[C@H](C(=O)N2CCc3ccccc3C2)[C@@H](CO)[C@@H]2Cn3c(ccc(-c4cccnc4)c3=O)[C@@H]21. The molecule has 4 atom stereocenters. The van der Waals surface area contributed by atoms with E-state index in [4.69, 9.17) is 0 Å². The Hall–Kier alpha value is -3.29. The quantitative estimate of drug-likeness (QED) is 0.653. The molecule has 0 spiro atoms. The normalized spacial score (nSPS) is 25.6. The second-order valence-corrected chi connectivity index (χ2v) is 9.67. The summed E-state index contributed by atoms with van der Waals surface area (Å²) >= 11 is 0. The first-order valence-electron chi connectivity index (χ1n) is 11.9. The van der Waals surface area contributed by atoms with Gasteiger partial charge >= 0.3 is 0 Å². The maximum Gasteiger partial charge on any atom is 0.258 e. The Kier molecular flexibility index (Phi) is 5.12. The van der Waals surface area contributed by atoms with E-state index < -0.39 is 6.04 Å². The van der Waals surface area contributed by atoms with Crippen LogP contribution in [-0.4, -0.2) is 56.6 Å². The molecule has 1 aromatic carbocycles. The predicted octanol–water partition coefficient (Wildman–Crippen LogP) is 2.09. The molecule has 6 rings (SSSR count). The van der Waals surface area contributed by atoms with Crippen LogP contribution in [0.1, 0.15) is 22.9 Å². The van der Waals surface area contributed by atoms with Crippen LogP contribution in [0, 0.1) is 11.8 Å². The highest BCUT2D eigenvalue weighted by molar-refractivity contribution is 5.83. The zero-order valence-electron chi connectivity index (χ0n) is 19.2. The number of aromatic nitrogens is 2. The first-order chi connectivity index (χ1) is 16.6. The molecular weight excluding hydrogens is 428 g/mol. The number of benzene rings is 1. The van der Waals surface area contributed by atoms with Gasteiger partial charge in [0.2, 0.25) is 5.91 Å². The summed E-state index contributed by atoms with van der Waals surface area (Å²) in [4.78, 5) is 35.3. The molecule has 0 saturated carbocycles. The van der Waals surface area contributed by atoms with Gasteiger partial charge in [-0.3, -0.25) is 19.5 Å². The van der Waals surface area contributed by atoms with Crippen molar-refractivity contribution < 1.29 is 9.90 Å². The van der Waals surface area contributed by atoms with Gasteiger partial charge in [0.15, 0.2) is 0 Å². The number of carbonyl (C=O) groups is 1. The zero-order valence-corrected chi connectivity index (χ0v) is 19.2. The Labute approximate surface area is 198 Å². The molecule has 3 aromatic rings. The van der Waals surface area contributed by atoms with Gasteiger partial charge in [-0.15, -0.1) is 0 Å². The minimum absolute atomic E-state index is 0.0119. The molecule has 0 aliphatic carbocycles. The molecule has 7 nitrogen and oxygen atoms in total. The van der Waals surface area contributed by atoms with Crippen LogP contribution in [0.4, 0.5) is 0 Å².